The van der Waals surface area contributed by atoms with Crippen molar-refractivity contribution >= 4 is 5.91 Å². The number of rotatable bonds is 2. The molecule has 23 heavy (non-hydrogen) atoms. The van der Waals surface area contributed by atoms with Gasteiger partial charge in [-0.05, 0) is 24.5 Å². The van der Waals surface area contributed by atoms with Gasteiger partial charge in [0.15, 0.2) is 5.69 Å². The Balaban J connectivity index is 1.56. The highest BCUT2D eigenvalue weighted by atomic mass is 16.2. The van der Waals surface area contributed by atoms with E-state index in [0.717, 1.165) is 30.6 Å². The maximum Gasteiger partial charge on any atom is 0.274 e. The minimum absolute atomic E-state index is 0.0504. The molecule has 0 bridgehead atoms. The first-order valence-electron chi connectivity index (χ1n) is 8.07. The fourth-order valence-electron chi connectivity index (χ4n) is 3.67. The molecule has 2 aromatic rings. The van der Waals surface area contributed by atoms with Crippen LogP contribution in [0.1, 0.15) is 34.1 Å². The number of nitrogens with zero attached hydrogens (tertiary/aromatic N) is 4. The lowest BCUT2D eigenvalue weighted by molar-refractivity contribution is 0.0781. The van der Waals surface area contributed by atoms with Gasteiger partial charge < -0.3 is 4.90 Å². The highest BCUT2D eigenvalue weighted by Gasteiger charge is 2.37. The van der Waals surface area contributed by atoms with Gasteiger partial charge in [-0.2, -0.15) is 10.4 Å². The van der Waals surface area contributed by atoms with E-state index in [2.05, 4.69) is 11.2 Å². The largest absolute Gasteiger partial charge is 0.335 e. The molecule has 0 aliphatic carbocycles. The lowest BCUT2D eigenvalue weighted by Crippen LogP contribution is -2.29. The number of carbonyl (C=O) groups is 1. The van der Waals surface area contributed by atoms with Gasteiger partial charge in [-0.15, -0.1) is 0 Å². The second-order valence-corrected chi connectivity index (χ2v) is 6.31. The average molecular weight is 306 g/mol. The summed E-state index contributed by atoms with van der Waals surface area (Å²) in [6, 6.07) is 14.3. The van der Waals surface area contributed by atoms with Gasteiger partial charge in [-0.25, -0.2) is 0 Å². The Morgan fingerprint density at radius 1 is 1.26 bits per heavy atom. The Morgan fingerprint density at radius 2 is 2.09 bits per heavy atom. The number of hydrogen-bond acceptors (Lipinski definition) is 3. The molecule has 3 heterocycles. The van der Waals surface area contributed by atoms with Crippen LogP contribution in [0, 0.1) is 17.2 Å². The second kappa shape index (κ2) is 5.54. The molecule has 0 saturated carbocycles. The summed E-state index contributed by atoms with van der Waals surface area (Å²) < 4.78 is 1.93. The first-order valence-corrected chi connectivity index (χ1v) is 8.07. The number of carbonyl (C=O) groups excluding carboxylic acids is 1. The van der Waals surface area contributed by atoms with Gasteiger partial charge in [0.2, 0.25) is 0 Å². The molecule has 2 atom stereocenters. The SMILES string of the molecule is N#C[C@@H]1CN(C(=O)c2cc3n(n2)CCC3)C[C@H]1c1ccccc1. The molecule has 1 saturated heterocycles. The number of likely N-dealkylation sites (tertiary alicyclic amines) is 1. The number of fused-ring (bicyclic) bond motifs is 1. The van der Waals surface area contributed by atoms with E-state index >= 15 is 0 Å². The fraction of sp³-hybridized carbons (Fsp3) is 0.389. The minimum Gasteiger partial charge on any atom is -0.335 e. The standard InChI is InChI=1S/C18H18N4O/c19-10-14-11-21(12-16(14)13-5-2-1-3-6-13)18(23)17-9-15-7-4-8-22(15)20-17/h1-3,5-6,9,14,16H,4,7-8,11-12H2/t14-,16+/m1/s1. The fourth-order valence-corrected chi connectivity index (χ4v) is 3.67. The number of aryl methyl sites for hydroxylation is 2. The van der Waals surface area contributed by atoms with E-state index < -0.39 is 0 Å². The third-order valence-corrected chi connectivity index (χ3v) is 4.89. The molecule has 2 aliphatic rings. The zero-order chi connectivity index (χ0) is 15.8. The first-order chi connectivity index (χ1) is 11.3. The van der Waals surface area contributed by atoms with Crippen LogP contribution in [-0.2, 0) is 13.0 Å². The monoisotopic (exact) mass is 306 g/mol. The van der Waals surface area contributed by atoms with Gasteiger partial charge in [0.25, 0.3) is 5.91 Å². The quantitative estimate of drug-likeness (QED) is 0.854. The molecule has 1 amide bonds. The smallest absolute Gasteiger partial charge is 0.274 e. The third kappa shape index (κ3) is 2.40. The van der Waals surface area contributed by atoms with E-state index in [1.807, 2.05) is 41.1 Å². The predicted octanol–water partition coefficient (Wildman–Crippen LogP) is 2.21. The van der Waals surface area contributed by atoms with Crippen LogP contribution >= 0.6 is 0 Å². The van der Waals surface area contributed by atoms with Crippen molar-refractivity contribution in [1.82, 2.24) is 14.7 Å². The van der Waals surface area contributed by atoms with E-state index in [-0.39, 0.29) is 17.7 Å². The number of hydrogen-bond donors (Lipinski definition) is 0. The van der Waals surface area contributed by atoms with Gasteiger partial charge in [0.05, 0.1) is 12.0 Å². The van der Waals surface area contributed by atoms with Crippen molar-refractivity contribution < 1.29 is 4.79 Å². The van der Waals surface area contributed by atoms with Crippen molar-refractivity contribution in [2.24, 2.45) is 5.92 Å². The van der Waals surface area contributed by atoms with Crippen LogP contribution in [-0.4, -0.2) is 33.7 Å². The number of nitriles is 1. The normalized spacial score (nSPS) is 22.8. The molecule has 0 spiro atoms. The molecule has 5 nitrogen and oxygen atoms in total. The van der Waals surface area contributed by atoms with Gasteiger partial charge in [-0.1, -0.05) is 30.3 Å². The molecule has 5 heteroatoms. The maximum absolute atomic E-state index is 12.7. The van der Waals surface area contributed by atoms with Crippen LogP contribution in [0.15, 0.2) is 36.4 Å². The van der Waals surface area contributed by atoms with Gasteiger partial charge in [-0.3, -0.25) is 9.48 Å². The molecule has 1 aromatic carbocycles. The molecule has 0 N–H and O–H groups in total. The Morgan fingerprint density at radius 3 is 2.83 bits per heavy atom. The van der Waals surface area contributed by atoms with E-state index in [1.54, 1.807) is 4.90 Å². The number of benzene rings is 1. The molecule has 0 unspecified atom stereocenters. The van der Waals surface area contributed by atoms with Crippen LogP contribution in [0.5, 0.6) is 0 Å². The summed E-state index contributed by atoms with van der Waals surface area (Å²) in [7, 11) is 0. The molecule has 0 radical (unpaired) electrons. The van der Waals surface area contributed by atoms with E-state index in [9.17, 15) is 10.1 Å². The number of amides is 1. The lowest BCUT2D eigenvalue weighted by atomic mass is 9.90. The molecule has 2 aliphatic heterocycles. The van der Waals surface area contributed by atoms with Crippen molar-refractivity contribution in [3.63, 3.8) is 0 Å². The summed E-state index contributed by atoms with van der Waals surface area (Å²) in [5.41, 5.74) is 2.79. The van der Waals surface area contributed by atoms with Crippen LogP contribution in [0.25, 0.3) is 0 Å². The van der Waals surface area contributed by atoms with Gasteiger partial charge in [0.1, 0.15) is 0 Å². The first kappa shape index (κ1) is 14.0. The van der Waals surface area contributed by atoms with Crippen LogP contribution < -0.4 is 0 Å². The Hall–Kier alpha value is -2.61. The third-order valence-electron chi connectivity index (χ3n) is 4.89. The molecular weight excluding hydrogens is 288 g/mol. The zero-order valence-electron chi connectivity index (χ0n) is 12.9. The Labute approximate surface area is 135 Å². The van der Waals surface area contributed by atoms with Crippen molar-refractivity contribution in [1.29, 1.82) is 5.26 Å². The summed E-state index contributed by atoms with van der Waals surface area (Å²) in [6.45, 7) is 1.97. The van der Waals surface area contributed by atoms with Crippen LogP contribution in [0.4, 0.5) is 0 Å². The van der Waals surface area contributed by atoms with Crippen molar-refractivity contribution in [2.45, 2.75) is 25.3 Å². The van der Waals surface area contributed by atoms with E-state index in [4.69, 9.17) is 0 Å². The average Bonchev–Trinajstić information content (AvgIpc) is 3.28. The molecule has 4 rings (SSSR count). The lowest BCUT2D eigenvalue weighted by Gasteiger charge is -2.15. The summed E-state index contributed by atoms with van der Waals surface area (Å²) >= 11 is 0. The summed E-state index contributed by atoms with van der Waals surface area (Å²) in [6.07, 6.45) is 2.10. The highest BCUT2D eigenvalue weighted by Crippen LogP contribution is 2.33. The Kier molecular flexibility index (Phi) is 3.38. The van der Waals surface area contributed by atoms with E-state index in [1.165, 1.54) is 0 Å². The maximum atomic E-state index is 12.7. The molecule has 1 fully saturated rings. The summed E-state index contributed by atoms with van der Waals surface area (Å²) in [5.74, 6) is -0.124. The van der Waals surface area contributed by atoms with Crippen molar-refractivity contribution in [3.8, 4) is 6.07 Å². The van der Waals surface area contributed by atoms with Crippen molar-refractivity contribution in [3.05, 3.63) is 53.3 Å². The van der Waals surface area contributed by atoms with E-state index in [0.29, 0.717) is 18.8 Å². The van der Waals surface area contributed by atoms with Crippen LogP contribution in [0.3, 0.4) is 0 Å². The van der Waals surface area contributed by atoms with Gasteiger partial charge in [0, 0.05) is 31.2 Å². The topological polar surface area (TPSA) is 61.9 Å². The highest BCUT2D eigenvalue weighted by molar-refractivity contribution is 5.92. The number of aromatic nitrogens is 2. The second-order valence-electron chi connectivity index (χ2n) is 6.31. The molecular formula is C18H18N4O. The predicted molar refractivity (Wildman–Crippen MR) is 84.7 cm³/mol. The van der Waals surface area contributed by atoms with Crippen molar-refractivity contribution in [2.75, 3.05) is 13.1 Å². The zero-order valence-corrected chi connectivity index (χ0v) is 12.9. The summed E-state index contributed by atoms with van der Waals surface area (Å²) in [4.78, 5) is 14.5. The van der Waals surface area contributed by atoms with Gasteiger partial charge >= 0.3 is 0 Å². The van der Waals surface area contributed by atoms with Crippen LogP contribution in [0.2, 0.25) is 0 Å². The molecule has 116 valence electrons. The summed E-state index contributed by atoms with van der Waals surface area (Å²) in [5, 5.41) is 13.9. The molecule has 1 aromatic heterocycles. The Bertz CT molecular complexity index is 753. The minimum atomic E-state index is -0.157.